The summed E-state index contributed by atoms with van der Waals surface area (Å²) in [5, 5.41) is 8.32. The average molecular weight is 242 g/mol. The minimum atomic E-state index is 0.297. The van der Waals surface area contributed by atoms with E-state index < -0.39 is 0 Å². The topological polar surface area (TPSA) is 38.2 Å². The number of likely N-dealkylation sites (N-methyl/N-ethyl adjacent to an activating group) is 1. The molecule has 0 saturated carbocycles. The van der Waals surface area contributed by atoms with Gasteiger partial charge in [-0.05, 0) is 32.5 Å². The Morgan fingerprint density at radius 2 is 2.31 bits per heavy atom. The minimum absolute atomic E-state index is 0.297. The van der Waals surface area contributed by atoms with Crippen molar-refractivity contribution in [3.05, 3.63) is 23.0 Å². The zero-order valence-corrected chi connectivity index (χ0v) is 10.3. The van der Waals surface area contributed by atoms with Gasteiger partial charge < -0.3 is 4.74 Å². The molecule has 1 aliphatic rings. The Morgan fingerprint density at radius 1 is 1.50 bits per heavy atom. The number of ether oxygens (including phenoxy) is 1. The van der Waals surface area contributed by atoms with Crippen molar-refractivity contribution in [2.45, 2.75) is 32.0 Å². The van der Waals surface area contributed by atoms with Gasteiger partial charge in [-0.15, -0.1) is 5.10 Å². The molecule has 0 radical (unpaired) electrons. The molecule has 0 amide bonds. The summed E-state index contributed by atoms with van der Waals surface area (Å²) in [7, 11) is 2.09. The second-order valence-corrected chi connectivity index (χ2v) is 4.58. The first-order chi connectivity index (χ1) is 7.66. The van der Waals surface area contributed by atoms with Crippen LogP contribution >= 0.6 is 11.6 Å². The van der Waals surface area contributed by atoms with Crippen molar-refractivity contribution in [2.75, 3.05) is 13.7 Å². The van der Waals surface area contributed by atoms with E-state index in [9.17, 15) is 0 Å². The maximum atomic E-state index is 5.69. The van der Waals surface area contributed by atoms with Gasteiger partial charge in [-0.2, -0.15) is 5.10 Å². The number of rotatable bonds is 3. The summed E-state index contributed by atoms with van der Waals surface area (Å²) in [6, 6.07) is 4.15. The highest BCUT2D eigenvalue weighted by molar-refractivity contribution is 6.29. The number of hydrogen-bond donors (Lipinski definition) is 0. The molecule has 16 heavy (non-hydrogen) atoms. The highest BCUT2D eigenvalue weighted by atomic mass is 35.5. The summed E-state index contributed by atoms with van der Waals surface area (Å²) < 4.78 is 5.54. The van der Waals surface area contributed by atoms with Crippen molar-refractivity contribution >= 4 is 11.6 Å². The second-order valence-electron chi connectivity index (χ2n) is 4.19. The molecule has 2 rings (SSSR count). The van der Waals surface area contributed by atoms with Crippen molar-refractivity contribution in [2.24, 2.45) is 0 Å². The van der Waals surface area contributed by atoms with Crippen LogP contribution < -0.4 is 0 Å². The van der Waals surface area contributed by atoms with Crippen LogP contribution in [0.25, 0.3) is 0 Å². The Morgan fingerprint density at radius 3 is 2.88 bits per heavy atom. The monoisotopic (exact) mass is 241 g/mol. The smallest absolute Gasteiger partial charge is 0.151 e. The van der Waals surface area contributed by atoms with Crippen LogP contribution in [0.15, 0.2) is 12.1 Å². The third-order valence-corrected chi connectivity index (χ3v) is 3.20. The molecule has 1 saturated heterocycles. The van der Waals surface area contributed by atoms with E-state index in [1.54, 1.807) is 6.07 Å². The standard InChI is InChI=1S/C11H16ClN3O/c1-8-10(5-6-16-8)15(2)7-9-3-4-11(12)14-13-9/h3-4,8,10H,5-7H2,1-2H3. The molecule has 88 valence electrons. The minimum Gasteiger partial charge on any atom is -0.377 e. The molecule has 0 aliphatic carbocycles. The van der Waals surface area contributed by atoms with E-state index in [1.807, 2.05) is 6.07 Å². The van der Waals surface area contributed by atoms with Gasteiger partial charge in [0.2, 0.25) is 0 Å². The van der Waals surface area contributed by atoms with Gasteiger partial charge in [-0.1, -0.05) is 11.6 Å². The van der Waals surface area contributed by atoms with Gasteiger partial charge >= 0.3 is 0 Å². The van der Waals surface area contributed by atoms with E-state index >= 15 is 0 Å². The number of aromatic nitrogens is 2. The van der Waals surface area contributed by atoms with Crippen molar-refractivity contribution in [3.8, 4) is 0 Å². The Balaban J connectivity index is 1.96. The van der Waals surface area contributed by atoms with Gasteiger partial charge in [0.1, 0.15) is 0 Å². The zero-order chi connectivity index (χ0) is 11.5. The lowest BCUT2D eigenvalue weighted by atomic mass is 10.1. The Kier molecular flexibility index (Phi) is 3.74. The van der Waals surface area contributed by atoms with E-state index in [4.69, 9.17) is 16.3 Å². The Hall–Kier alpha value is -0.710. The zero-order valence-electron chi connectivity index (χ0n) is 9.56. The van der Waals surface area contributed by atoms with Crippen LogP contribution in [0.4, 0.5) is 0 Å². The van der Waals surface area contributed by atoms with E-state index in [1.165, 1.54) is 0 Å². The molecule has 0 aromatic carbocycles. The summed E-state index contributed by atoms with van der Waals surface area (Å²) in [4.78, 5) is 2.26. The van der Waals surface area contributed by atoms with Crippen LogP contribution in [-0.2, 0) is 11.3 Å². The molecule has 1 aromatic heterocycles. The van der Waals surface area contributed by atoms with Gasteiger partial charge in [0.05, 0.1) is 11.8 Å². The molecular weight excluding hydrogens is 226 g/mol. The molecule has 2 heterocycles. The number of nitrogens with zero attached hydrogens (tertiary/aromatic N) is 3. The largest absolute Gasteiger partial charge is 0.377 e. The van der Waals surface area contributed by atoms with Crippen molar-refractivity contribution in [3.63, 3.8) is 0 Å². The lowest BCUT2D eigenvalue weighted by molar-refractivity contribution is 0.0809. The normalized spacial score (nSPS) is 25.2. The van der Waals surface area contributed by atoms with Crippen molar-refractivity contribution in [1.82, 2.24) is 15.1 Å². The Bertz CT molecular complexity index is 344. The van der Waals surface area contributed by atoms with Crippen LogP contribution in [0.5, 0.6) is 0 Å². The van der Waals surface area contributed by atoms with E-state index in [2.05, 4.69) is 29.1 Å². The first-order valence-corrected chi connectivity index (χ1v) is 5.84. The van der Waals surface area contributed by atoms with Gasteiger partial charge in [-0.25, -0.2) is 0 Å². The predicted octanol–water partition coefficient (Wildman–Crippen LogP) is 1.74. The predicted molar refractivity (Wildman–Crippen MR) is 62.3 cm³/mol. The molecule has 0 N–H and O–H groups in total. The lowest BCUT2D eigenvalue weighted by Crippen LogP contribution is -2.36. The summed E-state index contributed by atoms with van der Waals surface area (Å²) in [5.41, 5.74) is 0.936. The molecule has 0 bridgehead atoms. The van der Waals surface area contributed by atoms with Gasteiger partial charge in [-0.3, -0.25) is 4.90 Å². The van der Waals surface area contributed by atoms with Gasteiger partial charge in [0, 0.05) is 19.2 Å². The van der Waals surface area contributed by atoms with Crippen LogP contribution in [-0.4, -0.2) is 40.9 Å². The fraction of sp³-hybridized carbons (Fsp3) is 0.636. The fourth-order valence-electron chi connectivity index (χ4n) is 2.10. The first kappa shape index (κ1) is 11.8. The van der Waals surface area contributed by atoms with Gasteiger partial charge in [0.25, 0.3) is 0 Å². The first-order valence-electron chi connectivity index (χ1n) is 5.47. The molecule has 2 unspecified atom stereocenters. The van der Waals surface area contributed by atoms with Crippen LogP contribution in [0.2, 0.25) is 5.15 Å². The summed E-state index contributed by atoms with van der Waals surface area (Å²) in [6.07, 6.45) is 1.38. The van der Waals surface area contributed by atoms with Crippen LogP contribution in [0, 0.1) is 0 Å². The summed E-state index contributed by atoms with van der Waals surface area (Å²) in [6.45, 7) is 3.74. The number of hydrogen-bond acceptors (Lipinski definition) is 4. The van der Waals surface area contributed by atoms with Gasteiger partial charge in [0.15, 0.2) is 5.15 Å². The highest BCUT2D eigenvalue weighted by Gasteiger charge is 2.27. The molecule has 1 aromatic rings. The van der Waals surface area contributed by atoms with Crippen molar-refractivity contribution in [1.29, 1.82) is 0 Å². The molecule has 4 nitrogen and oxygen atoms in total. The third-order valence-electron chi connectivity index (χ3n) is 3.00. The fourth-order valence-corrected chi connectivity index (χ4v) is 2.20. The van der Waals surface area contributed by atoms with E-state index in [-0.39, 0.29) is 0 Å². The Labute approximate surface area is 101 Å². The summed E-state index contributed by atoms with van der Waals surface area (Å²) >= 11 is 5.69. The quantitative estimate of drug-likeness (QED) is 0.808. The molecular formula is C11H16ClN3O. The highest BCUT2D eigenvalue weighted by Crippen LogP contribution is 2.19. The van der Waals surface area contributed by atoms with E-state index in [0.29, 0.717) is 17.3 Å². The lowest BCUT2D eigenvalue weighted by Gasteiger charge is -2.25. The maximum Gasteiger partial charge on any atom is 0.151 e. The molecule has 5 heteroatoms. The summed E-state index contributed by atoms with van der Waals surface area (Å²) in [5.74, 6) is 0. The van der Waals surface area contributed by atoms with Crippen LogP contribution in [0.1, 0.15) is 19.0 Å². The average Bonchev–Trinajstić information content (AvgIpc) is 2.68. The maximum absolute atomic E-state index is 5.69. The number of halogens is 1. The SMILES string of the molecule is CC1OCCC1N(C)Cc1ccc(Cl)nn1. The molecule has 1 fully saturated rings. The molecule has 2 atom stereocenters. The van der Waals surface area contributed by atoms with E-state index in [0.717, 1.165) is 25.3 Å². The van der Waals surface area contributed by atoms with Crippen molar-refractivity contribution < 1.29 is 4.74 Å². The second kappa shape index (κ2) is 5.08. The molecule has 1 aliphatic heterocycles. The molecule has 0 spiro atoms. The third kappa shape index (κ3) is 2.70. The van der Waals surface area contributed by atoms with Crippen LogP contribution in [0.3, 0.4) is 0 Å².